The Balaban J connectivity index is 1.76. The van der Waals surface area contributed by atoms with E-state index in [9.17, 15) is 0 Å². The highest BCUT2D eigenvalue weighted by atomic mass is 16.5. The van der Waals surface area contributed by atoms with Gasteiger partial charge in [-0.25, -0.2) is 0 Å². The number of hydrogen-bond acceptors (Lipinski definition) is 1. The van der Waals surface area contributed by atoms with Crippen LogP contribution in [0.15, 0.2) is 42.5 Å². The molecule has 1 fully saturated rings. The van der Waals surface area contributed by atoms with Gasteiger partial charge in [0.15, 0.2) is 12.3 Å². The molecular formula is C25H32NO+. The van der Waals surface area contributed by atoms with Crippen LogP contribution in [-0.2, 0) is 5.41 Å². The molecule has 2 unspecified atom stereocenters. The molecule has 2 aliphatic rings. The molecule has 27 heavy (non-hydrogen) atoms. The molecule has 4 rings (SSSR count). The molecule has 1 aliphatic heterocycles. The van der Waals surface area contributed by atoms with Crippen molar-refractivity contribution in [2.75, 3.05) is 6.73 Å². The van der Waals surface area contributed by atoms with Gasteiger partial charge in [0.25, 0.3) is 6.73 Å². The molecule has 1 heterocycles. The van der Waals surface area contributed by atoms with Gasteiger partial charge in [0, 0.05) is 23.3 Å². The minimum atomic E-state index is -0.0918. The van der Waals surface area contributed by atoms with Crippen LogP contribution in [0.2, 0.25) is 0 Å². The first kappa shape index (κ1) is 18.3. The third-order valence-corrected chi connectivity index (χ3v) is 6.59. The molecule has 2 heteroatoms. The molecule has 2 atom stereocenters. The summed E-state index contributed by atoms with van der Waals surface area (Å²) in [5.41, 5.74) is 5.05. The van der Waals surface area contributed by atoms with E-state index in [0.717, 1.165) is 11.7 Å². The molecule has 142 valence electrons. The summed E-state index contributed by atoms with van der Waals surface area (Å²) >= 11 is 0. The van der Waals surface area contributed by atoms with E-state index >= 15 is 0 Å². The summed E-state index contributed by atoms with van der Waals surface area (Å²) in [6, 6.07) is 16.0. The van der Waals surface area contributed by atoms with Gasteiger partial charge in [-0.3, -0.25) is 0 Å². The van der Waals surface area contributed by atoms with Gasteiger partial charge in [0.1, 0.15) is 5.75 Å². The van der Waals surface area contributed by atoms with E-state index in [0.29, 0.717) is 12.8 Å². The second kappa shape index (κ2) is 7.14. The zero-order valence-corrected chi connectivity index (χ0v) is 17.2. The predicted molar refractivity (Wildman–Crippen MR) is 112 cm³/mol. The smallest absolute Gasteiger partial charge is 0.287 e. The van der Waals surface area contributed by atoms with Crippen molar-refractivity contribution in [3.05, 3.63) is 64.7 Å². The SMILES string of the molecule is Cc1cc2c(c(C(C)(C)c3ccccc3)c1)OC[N+](C1CCCCC1C)=C2. The van der Waals surface area contributed by atoms with Crippen LogP contribution in [0.1, 0.15) is 68.7 Å². The zero-order chi connectivity index (χ0) is 19.0. The second-order valence-corrected chi connectivity index (χ2v) is 8.97. The van der Waals surface area contributed by atoms with E-state index in [1.54, 1.807) is 0 Å². The standard InChI is InChI=1S/C25H32NO/c1-18-14-20-16-26(23-13-9-8-10-19(23)2)17-27-24(20)22(15-18)25(3,4)21-11-6-5-7-12-21/h5-7,11-12,14-16,19,23H,8-10,13,17H2,1-4H3/q+1. The van der Waals surface area contributed by atoms with Gasteiger partial charge in [-0.2, -0.15) is 4.58 Å². The van der Waals surface area contributed by atoms with E-state index in [1.807, 2.05) is 0 Å². The molecule has 2 aromatic carbocycles. The third kappa shape index (κ3) is 3.42. The third-order valence-electron chi connectivity index (χ3n) is 6.59. The number of rotatable bonds is 3. The van der Waals surface area contributed by atoms with Gasteiger partial charge in [0.2, 0.25) is 0 Å². The average Bonchev–Trinajstić information content (AvgIpc) is 2.68. The zero-order valence-electron chi connectivity index (χ0n) is 17.2. The van der Waals surface area contributed by atoms with Crippen molar-refractivity contribution in [2.45, 2.75) is 64.8 Å². The fourth-order valence-electron chi connectivity index (χ4n) is 4.87. The molecule has 0 N–H and O–H groups in total. The van der Waals surface area contributed by atoms with Crippen LogP contribution in [-0.4, -0.2) is 23.6 Å². The summed E-state index contributed by atoms with van der Waals surface area (Å²) < 4.78 is 8.88. The lowest BCUT2D eigenvalue weighted by molar-refractivity contribution is -0.601. The molecule has 2 aromatic rings. The minimum absolute atomic E-state index is 0.0918. The lowest BCUT2D eigenvalue weighted by Crippen LogP contribution is -2.40. The summed E-state index contributed by atoms with van der Waals surface area (Å²) in [5, 5.41) is 0. The Morgan fingerprint density at radius 2 is 1.78 bits per heavy atom. The van der Waals surface area contributed by atoms with Crippen LogP contribution in [0.4, 0.5) is 0 Å². The minimum Gasteiger partial charge on any atom is -0.435 e. The fourth-order valence-corrected chi connectivity index (χ4v) is 4.87. The molecule has 0 saturated heterocycles. The van der Waals surface area contributed by atoms with E-state index in [-0.39, 0.29) is 5.41 Å². The normalized spacial score (nSPS) is 22.6. The van der Waals surface area contributed by atoms with Crippen molar-refractivity contribution in [1.82, 2.24) is 0 Å². The Morgan fingerprint density at radius 1 is 1.04 bits per heavy atom. The number of aryl methyl sites for hydroxylation is 1. The van der Waals surface area contributed by atoms with Crippen LogP contribution in [0.25, 0.3) is 0 Å². The largest absolute Gasteiger partial charge is 0.435 e. The molecule has 0 spiro atoms. The Labute approximate surface area is 163 Å². The second-order valence-electron chi connectivity index (χ2n) is 8.97. The quantitative estimate of drug-likeness (QED) is 0.640. The summed E-state index contributed by atoms with van der Waals surface area (Å²) in [4.78, 5) is 0. The van der Waals surface area contributed by atoms with Crippen molar-refractivity contribution >= 4 is 6.21 Å². The number of ether oxygens (including phenoxy) is 1. The van der Waals surface area contributed by atoms with Crippen LogP contribution in [0.3, 0.4) is 0 Å². The fraction of sp³-hybridized carbons (Fsp3) is 0.480. The van der Waals surface area contributed by atoms with Crippen LogP contribution in [0, 0.1) is 12.8 Å². The summed E-state index contributed by atoms with van der Waals surface area (Å²) in [5.74, 6) is 1.80. The maximum atomic E-state index is 6.43. The molecule has 2 nitrogen and oxygen atoms in total. The average molecular weight is 363 g/mol. The molecule has 0 bridgehead atoms. The highest BCUT2D eigenvalue weighted by Crippen LogP contribution is 2.40. The van der Waals surface area contributed by atoms with E-state index in [2.05, 4.69) is 80.9 Å². The topological polar surface area (TPSA) is 12.2 Å². The maximum absolute atomic E-state index is 6.43. The first-order valence-corrected chi connectivity index (χ1v) is 10.4. The summed E-state index contributed by atoms with van der Waals surface area (Å²) in [6.07, 6.45) is 7.69. The Kier molecular flexibility index (Phi) is 4.84. The summed E-state index contributed by atoms with van der Waals surface area (Å²) in [6.45, 7) is 9.86. The van der Waals surface area contributed by atoms with Gasteiger partial charge >= 0.3 is 0 Å². The van der Waals surface area contributed by atoms with Crippen LogP contribution < -0.4 is 4.74 Å². The molecule has 0 radical (unpaired) electrons. The summed E-state index contributed by atoms with van der Waals surface area (Å²) in [7, 11) is 0. The van der Waals surface area contributed by atoms with E-state index < -0.39 is 0 Å². The van der Waals surface area contributed by atoms with Gasteiger partial charge in [0.05, 0.1) is 5.56 Å². The first-order chi connectivity index (χ1) is 13.0. The van der Waals surface area contributed by atoms with Crippen molar-refractivity contribution in [1.29, 1.82) is 0 Å². The predicted octanol–water partition coefficient (Wildman–Crippen LogP) is 5.68. The van der Waals surface area contributed by atoms with Crippen molar-refractivity contribution in [2.24, 2.45) is 5.92 Å². The van der Waals surface area contributed by atoms with Crippen LogP contribution in [0.5, 0.6) is 5.75 Å². The van der Waals surface area contributed by atoms with Gasteiger partial charge < -0.3 is 4.74 Å². The van der Waals surface area contributed by atoms with Gasteiger partial charge in [-0.15, -0.1) is 0 Å². The monoisotopic (exact) mass is 362 g/mol. The highest BCUT2D eigenvalue weighted by molar-refractivity contribution is 5.82. The molecule has 0 amide bonds. The van der Waals surface area contributed by atoms with Gasteiger partial charge in [-0.05, 0) is 37.0 Å². The Bertz CT molecular complexity index is 850. The lowest BCUT2D eigenvalue weighted by atomic mass is 9.76. The lowest BCUT2D eigenvalue weighted by Gasteiger charge is -2.32. The molecular weight excluding hydrogens is 330 g/mol. The first-order valence-electron chi connectivity index (χ1n) is 10.4. The van der Waals surface area contributed by atoms with Crippen LogP contribution >= 0.6 is 0 Å². The molecule has 1 saturated carbocycles. The van der Waals surface area contributed by atoms with Gasteiger partial charge in [-0.1, -0.05) is 63.6 Å². The van der Waals surface area contributed by atoms with Crippen molar-refractivity contribution in [3.63, 3.8) is 0 Å². The molecule has 1 aliphatic carbocycles. The maximum Gasteiger partial charge on any atom is 0.287 e. The Hall–Kier alpha value is -2.09. The van der Waals surface area contributed by atoms with E-state index in [4.69, 9.17) is 4.74 Å². The number of fused-ring (bicyclic) bond motifs is 1. The number of hydrogen-bond donors (Lipinski definition) is 0. The van der Waals surface area contributed by atoms with E-state index in [1.165, 1.54) is 47.9 Å². The van der Waals surface area contributed by atoms with Crippen molar-refractivity contribution < 1.29 is 9.31 Å². The highest BCUT2D eigenvalue weighted by Gasteiger charge is 2.35. The molecule has 0 aromatic heterocycles. The Morgan fingerprint density at radius 3 is 2.52 bits per heavy atom. The number of benzene rings is 2. The number of nitrogens with zero attached hydrogens (tertiary/aromatic N) is 1. The van der Waals surface area contributed by atoms with Crippen molar-refractivity contribution in [3.8, 4) is 5.75 Å².